The zero-order valence-electron chi connectivity index (χ0n) is 17.3. The molecule has 2 aromatic carbocycles. The second-order valence-corrected chi connectivity index (χ2v) is 9.96. The standard InChI is InChI=1S/C23H22FN3O4S/c24-19-7-3-2-6-18(19)22-15-20(25-31-22)23(28)27-13-10-16-14-17(8-9-21(16)27)32(29,30)26-11-4-1-5-12-26/h2-3,6-9,14-15H,1,4-5,10-13H2. The van der Waals surface area contributed by atoms with E-state index in [-0.39, 0.29) is 27.8 Å². The summed E-state index contributed by atoms with van der Waals surface area (Å²) in [5, 5.41) is 3.83. The third-order valence-electron chi connectivity index (χ3n) is 6.01. The maximum Gasteiger partial charge on any atom is 0.280 e. The number of hydrogen-bond donors (Lipinski definition) is 0. The third-order valence-corrected chi connectivity index (χ3v) is 7.91. The van der Waals surface area contributed by atoms with E-state index in [2.05, 4.69) is 5.16 Å². The Labute approximate surface area is 185 Å². The van der Waals surface area contributed by atoms with Gasteiger partial charge in [0.1, 0.15) is 5.82 Å². The predicted octanol–water partition coefficient (Wildman–Crippen LogP) is 3.86. The average Bonchev–Trinajstić information content (AvgIpc) is 3.47. The first kappa shape index (κ1) is 20.8. The fourth-order valence-electron chi connectivity index (χ4n) is 4.31. The highest BCUT2D eigenvalue weighted by Crippen LogP contribution is 2.33. The van der Waals surface area contributed by atoms with E-state index in [0.29, 0.717) is 31.7 Å². The largest absolute Gasteiger partial charge is 0.355 e. The van der Waals surface area contributed by atoms with E-state index in [0.717, 1.165) is 24.8 Å². The molecule has 2 aliphatic heterocycles. The van der Waals surface area contributed by atoms with Gasteiger partial charge in [0.15, 0.2) is 11.5 Å². The molecule has 0 saturated carbocycles. The first-order valence-electron chi connectivity index (χ1n) is 10.6. The molecule has 2 aliphatic rings. The number of sulfonamides is 1. The van der Waals surface area contributed by atoms with E-state index in [9.17, 15) is 17.6 Å². The van der Waals surface area contributed by atoms with Crippen LogP contribution in [0.4, 0.5) is 10.1 Å². The Bertz CT molecular complexity index is 1280. The molecule has 5 rings (SSSR count). The SMILES string of the molecule is O=C(c1cc(-c2ccccc2F)on1)N1CCc2cc(S(=O)(=O)N3CCCCC3)ccc21. The molecule has 1 aromatic heterocycles. The maximum atomic E-state index is 14.0. The van der Waals surface area contributed by atoms with Gasteiger partial charge in [0, 0.05) is 31.4 Å². The summed E-state index contributed by atoms with van der Waals surface area (Å²) in [5.74, 6) is -0.660. The van der Waals surface area contributed by atoms with Gasteiger partial charge in [0.25, 0.3) is 5.91 Å². The highest BCUT2D eigenvalue weighted by atomic mass is 32.2. The predicted molar refractivity (Wildman–Crippen MR) is 116 cm³/mol. The number of rotatable bonds is 4. The van der Waals surface area contributed by atoms with Crippen LogP contribution in [0.25, 0.3) is 11.3 Å². The smallest absolute Gasteiger partial charge is 0.280 e. The first-order chi connectivity index (χ1) is 15.4. The van der Waals surface area contributed by atoms with E-state index < -0.39 is 15.8 Å². The molecule has 32 heavy (non-hydrogen) atoms. The zero-order chi connectivity index (χ0) is 22.3. The van der Waals surface area contributed by atoms with E-state index in [1.54, 1.807) is 41.3 Å². The molecule has 1 saturated heterocycles. The van der Waals surface area contributed by atoms with Gasteiger partial charge in [-0.1, -0.05) is 23.7 Å². The van der Waals surface area contributed by atoms with Crippen LogP contribution in [0.2, 0.25) is 0 Å². The molecule has 3 heterocycles. The van der Waals surface area contributed by atoms with Crippen molar-refractivity contribution in [1.29, 1.82) is 0 Å². The minimum absolute atomic E-state index is 0.0705. The van der Waals surface area contributed by atoms with Crippen LogP contribution in [0, 0.1) is 5.82 Å². The molecule has 0 N–H and O–H groups in total. The molecule has 1 fully saturated rings. The summed E-state index contributed by atoms with van der Waals surface area (Å²) in [6.45, 7) is 1.49. The van der Waals surface area contributed by atoms with Gasteiger partial charge >= 0.3 is 0 Å². The number of carbonyl (C=O) groups is 1. The van der Waals surface area contributed by atoms with Crippen LogP contribution in [0.5, 0.6) is 0 Å². The Kier molecular flexibility index (Phi) is 5.30. The van der Waals surface area contributed by atoms with Crippen molar-refractivity contribution in [2.45, 2.75) is 30.6 Å². The topological polar surface area (TPSA) is 83.7 Å². The Balaban J connectivity index is 1.39. The van der Waals surface area contributed by atoms with Crippen molar-refractivity contribution in [2.75, 3.05) is 24.5 Å². The van der Waals surface area contributed by atoms with Crippen LogP contribution in [0.15, 0.2) is 57.9 Å². The van der Waals surface area contributed by atoms with Gasteiger partial charge in [-0.3, -0.25) is 4.79 Å². The van der Waals surface area contributed by atoms with Crippen LogP contribution in [0.1, 0.15) is 35.3 Å². The van der Waals surface area contributed by atoms with Crippen molar-refractivity contribution in [3.8, 4) is 11.3 Å². The summed E-state index contributed by atoms with van der Waals surface area (Å²) in [4.78, 5) is 14.9. The number of anilines is 1. The Morgan fingerprint density at radius 2 is 1.78 bits per heavy atom. The summed E-state index contributed by atoms with van der Waals surface area (Å²) in [6.07, 6.45) is 3.34. The summed E-state index contributed by atoms with van der Waals surface area (Å²) in [6, 6.07) is 12.4. The molecule has 0 aliphatic carbocycles. The van der Waals surface area contributed by atoms with Gasteiger partial charge in [0.05, 0.1) is 10.5 Å². The number of fused-ring (bicyclic) bond motifs is 1. The van der Waals surface area contributed by atoms with Crippen molar-refractivity contribution in [3.05, 3.63) is 65.6 Å². The van der Waals surface area contributed by atoms with Gasteiger partial charge in [-0.25, -0.2) is 12.8 Å². The number of aromatic nitrogens is 1. The number of carbonyl (C=O) groups excluding carboxylic acids is 1. The fraction of sp³-hybridized carbons (Fsp3) is 0.304. The van der Waals surface area contributed by atoms with Gasteiger partial charge in [0.2, 0.25) is 10.0 Å². The lowest BCUT2D eigenvalue weighted by molar-refractivity contribution is 0.0980. The van der Waals surface area contributed by atoms with Crippen molar-refractivity contribution in [2.24, 2.45) is 0 Å². The summed E-state index contributed by atoms with van der Waals surface area (Å²) >= 11 is 0. The molecule has 0 radical (unpaired) electrons. The lowest BCUT2D eigenvalue weighted by Crippen LogP contribution is -2.35. The molecule has 0 bridgehead atoms. The van der Waals surface area contributed by atoms with E-state index in [1.807, 2.05) is 0 Å². The molecule has 1 amide bonds. The number of amides is 1. The minimum Gasteiger partial charge on any atom is -0.355 e. The molecule has 3 aromatic rings. The lowest BCUT2D eigenvalue weighted by atomic mass is 10.1. The molecular formula is C23H22FN3O4S. The number of benzene rings is 2. The minimum atomic E-state index is -3.54. The number of halogens is 1. The Hall–Kier alpha value is -3.04. The summed E-state index contributed by atoms with van der Waals surface area (Å²) in [5.41, 5.74) is 1.76. The van der Waals surface area contributed by atoms with Crippen LogP contribution < -0.4 is 4.90 Å². The van der Waals surface area contributed by atoms with Crippen LogP contribution >= 0.6 is 0 Å². The second-order valence-electron chi connectivity index (χ2n) is 8.02. The van der Waals surface area contributed by atoms with Crippen molar-refractivity contribution in [3.63, 3.8) is 0 Å². The fourth-order valence-corrected chi connectivity index (χ4v) is 5.87. The monoisotopic (exact) mass is 455 g/mol. The molecule has 166 valence electrons. The molecule has 0 spiro atoms. The van der Waals surface area contributed by atoms with Gasteiger partial charge in [-0.05, 0) is 55.2 Å². The number of nitrogens with zero attached hydrogens (tertiary/aromatic N) is 3. The molecule has 7 nitrogen and oxygen atoms in total. The van der Waals surface area contributed by atoms with Crippen molar-refractivity contribution in [1.82, 2.24) is 9.46 Å². The Morgan fingerprint density at radius 3 is 2.56 bits per heavy atom. The lowest BCUT2D eigenvalue weighted by Gasteiger charge is -2.26. The highest BCUT2D eigenvalue weighted by molar-refractivity contribution is 7.89. The third kappa shape index (κ3) is 3.61. The van der Waals surface area contributed by atoms with Crippen LogP contribution in [-0.2, 0) is 16.4 Å². The summed E-state index contributed by atoms with van der Waals surface area (Å²) in [7, 11) is -3.54. The van der Waals surface area contributed by atoms with Gasteiger partial charge in [-0.15, -0.1) is 0 Å². The molecule has 9 heteroatoms. The highest BCUT2D eigenvalue weighted by Gasteiger charge is 2.31. The second kappa shape index (κ2) is 8.14. The quantitative estimate of drug-likeness (QED) is 0.597. The Morgan fingerprint density at radius 1 is 1.00 bits per heavy atom. The normalized spacial score (nSPS) is 16.8. The number of hydrogen-bond acceptors (Lipinski definition) is 5. The zero-order valence-corrected chi connectivity index (χ0v) is 18.1. The van der Waals surface area contributed by atoms with Crippen LogP contribution in [0.3, 0.4) is 0 Å². The van der Waals surface area contributed by atoms with E-state index >= 15 is 0 Å². The van der Waals surface area contributed by atoms with Gasteiger partial charge < -0.3 is 9.42 Å². The molecular weight excluding hydrogens is 433 g/mol. The van der Waals surface area contributed by atoms with Crippen molar-refractivity contribution < 1.29 is 22.1 Å². The summed E-state index contributed by atoms with van der Waals surface area (Å²) < 4.78 is 46.7. The first-order valence-corrected chi connectivity index (χ1v) is 12.1. The van der Waals surface area contributed by atoms with E-state index in [4.69, 9.17) is 4.52 Å². The molecule has 0 unspecified atom stereocenters. The molecule has 0 atom stereocenters. The number of piperidine rings is 1. The van der Waals surface area contributed by atoms with Crippen molar-refractivity contribution >= 4 is 21.6 Å². The van der Waals surface area contributed by atoms with Gasteiger partial charge in [-0.2, -0.15) is 4.31 Å². The average molecular weight is 456 g/mol. The maximum absolute atomic E-state index is 14.0. The van der Waals surface area contributed by atoms with Crippen LogP contribution in [-0.4, -0.2) is 43.4 Å². The van der Waals surface area contributed by atoms with E-state index in [1.165, 1.54) is 16.4 Å².